The molecule has 0 saturated carbocycles. The number of aryl methyl sites for hydroxylation is 2. The van der Waals surface area contributed by atoms with E-state index in [1.807, 2.05) is 43.3 Å². The summed E-state index contributed by atoms with van der Waals surface area (Å²) in [7, 11) is 3.86. The van der Waals surface area contributed by atoms with Gasteiger partial charge in [-0.1, -0.05) is 30.3 Å². The van der Waals surface area contributed by atoms with E-state index in [4.69, 9.17) is 9.47 Å². The van der Waals surface area contributed by atoms with Crippen LogP contribution < -0.4 is 9.47 Å². The highest BCUT2D eigenvalue weighted by atomic mass is 19.4. The Morgan fingerprint density at radius 2 is 1.77 bits per heavy atom. The molecule has 0 amide bonds. The predicted octanol–water partition coefficient (Wildman–Crippen LogP) is 5.01. The normalized spacial score (nSPS) is 12.8. The maximum absolute atomic E-state index is 12.6. The van der Waals surface area contributed by atoms with Gasteiger partial charge < -0.3 is 19.1 Å². The highest BCUT2D eigenvalue weighted by molar-refractivity contribution is 5.35. The zero-order valence-corrected chi connectivity index (χ0v) is 17.1. The molecule has 0 spiro atoms. The minimum Gasteiger partial charge on any atom is -0.491 e. The number of halogens is 4. The van der Waals surface area contributed by atoms with Crippen LogP contribution in [0.2, 0.25) is 0 Å². The van der Waals surface area contributed by atoms with Crippen molar-refractivity contribution < 1.29 is 31.8 Å². The van der Waals surface area contributed by atoms with Crippen LogP contribution in [0, 0.1) is 0 Å². The number of hydrogen-bond acceptors (Lipinski definition) is 4. The summed E-state index contributed by atoms with van der Waals surface area (Å²) in [5, 5.41) is 0. The molecule has 4 nitrogen and oxygen atoms in total. The van der Waals surface area contributed by atoms with E-state index in [-0.39, 0.29) is 18.5 Å². The predicted molar refractivity (Wildman–Crippen MR) is 106 cm³/mol. The van der Waals surface area contributed by atoms with Crippen molar-refractivity contribution >= 4 is 0 Å². The molecule has 0 bridgehead atoms. The van der Waals surface area contributed by atoms with E-state index in [1.54, 1.807) is 6.07 Å². The first-order valence-corrected chi connectivity index (χ1v) is 9.64. The van der Waals surface area contributed by atoms with Crippen molar-refractivity contribution in [1.29, 1.82) is 0 Å². The lowest BCUT2D eigenvalue weighted by Crippen LogP contribution is -2.27. The molecule has 1 unspecified atom stereocenters. The van der Waals surface area contributed by atoms with E-state index in [1.165, 1.54) is 18.2 Å². The summed E-state index contributed by atoms with van der Waals surface area (Å²) in [6.07, 6.45) is -3.38. The summed E-state index contributed by atoms with van der Waals surface area (Å²) in [5.41, 5.74) is 1.63. The molecule has 0 N–H and O–H groups in total. The highest BCUT2D eigenvalue weighted by Crippen LogP contribution is 2.25. The molecule has 2 aromatic carbocycles. The number of alkyl halides is 4. The summed E-state index contributed by atoms with van der Waals surface area (Å²) >= 11 is 0. The number of para-hydroxylation sites is 1. The summed E-state index contributed by atoms with van der Waals surface area (Å²) in [6, 6.07) is 13.3. The Hall–Kier alpha value is -2.32. The zero-order valence-electron chi connectivity index (χ0n) is 17.1. The largest absolute Gasteiger partial charge is 0.573 e. The first-order chi connectivity index (χ1) is 14.3. The molecule has 8 heteroatoms. The van der Waals surface area contributed by atoms with Crippen molar-refractivity contribution in [3.63, 3.8) is 0 Å². The van der Waals surface area contributed by atoms with Crippen LogP contribution in [0.4, 0.5) is 17.6 Å². The Morgan fingerprint density at radius 3 is 2.47 bits per heavy atom. The van der Waals surface area contributed by atoms with Crippen molar-refractivity contribution in [2.45, 2.75) is 31.7 Å². The van der Waals surface area contributed by atoms with Gasteiger partial charge in [-0.05, 0) is 62.7 Å². The zero-order chi connectivity index (χ0) is 22.0. The molecule has 0 aliphatic heterocycles. The third-order valence-corrected chi connectivity index (χ3v) is 4.41. The molecular weight excluding hydrogens is 402 g/mol. The van der Waals surface area contributed by atoms with E-state index in [0.717, 1.165) is 17.7 Å². The van der Waals surface area contributed by atoms with Crippen LogP contribution in [0.1, 0.15) is 17.5 Å². The van der Waals surface area contributed by atoms with Crippen molar-refractivity contribution in [2.24, 2.45) is 0 Å². The van der Waals surface area contributed by atoms with Crippen molar-refractivity contribution in [2.75, 3.05) is 34.1 Å². The van der Waals surface area contributed by atoms with Gasteiger partial charge in [-0.25, -0.2) is 4.39 Å². The fraction of sp³-hybridized carbons (Fsp3) is 0.455. The van der Waals surface area contributed by atoms with Crippen LogP contribution in [0.25, 0.3) is 0 Å². The van der Waals surface area contributed by atoms with Crippen molar-refractivity contribution in [1.82, 2.24) is 4.90 Å². The Bertz CT molecular complexity index is 768. The molecule has 1 atom stereocenters. The Morgan fingerprint density at radius 1 is 1.00 bits per heavy atom. The first kappa shape index (κ1) is 24.0. The number of benzene rings is 2. The number of ether oxygens (including phenoxy) is 3. The van der Waals surface area contributed by atoms with Gasteiger partial charge in [0.2, 0.25) is 0 Å². The fourth-order valence-corrected chi connectivity index (χ4v) is 2.92. The van der Waals surface area contributed by atoms with Gasteiger partial charge in [-0.2, -0.15) is 0 Å². The monoisotopic (exact) mass is 429 g/mol. The van der Waals surface area contributed by atoms with Gasteiger partial charge in [0.25, 0.3) is 0 Å². The second-order valence-corrected chi connectivity index (χ2v) is 7.10. The van der Waals surface area contributed by atoms with Crippen LogP contribution in [0.5, 0.6) is 11.5 Å². The van der Waals surface area contributed by atoms with Gasteiger partial charge in [0, 0.05) is 6.54 Å². The molecule has 0 aliphatic rings. The summed E-state index contributed by atoms with van der Waals surface area (Å²) < 4.78 is 64.8. The smallest absolute Gasteiger partial charge is 0.491 e. The lowest BCUT2D eigenvalue weighted by Gasteiger charge is -2.20. The van der Waals surface area contributed by atoms with Gasteiger partial charge in [0.05, 0.1) is 6.10 Å². The van der Waals surface area contributed by atoms with E-state index in [2.05, 4.69) is 4.74 Å². The van der Waals surface area contributed by atoms with Crippen LogP contribution in [0.3, 0.4) is 0 Å². The molecule has 0 aromatic heterocycles. The van der Waals surface area contributed by atoms with E-state index >= 15 is 0 Å². The summed E-state index contributed by atoms with van der Waals surface area (Å²) in [5.74, 6) is 0.411. The highest BCUT2D eigenvalue weighted by Gasteiger charge is 2.31. The quantitative estimate of drug-likeness (QED) is 0.444. The van der Waals surface area contributed by atoms with Crippen molar-refractivity contribution in [3.05, 3.63) is 59.7 Å². The van der Waals surface area contributed by atoms with E-state index in [9.17, 15) is 17.6 Å². The summed E-state index contributed by atoms with van der Waals surface area (Å²) in [6.45, 7) is 0.0785. The Balaban J connectivity index is 1.97. The molecule has 0 aliphatic carbocycles. The molecule has 2 aromatic rings. The third-order valence-electron chi connectivity index (χ3n) is 4.41. The van der Waals surface area contributed by atoms with Crippen LogP contribution in [-0.2, 0) is 17.6 Å². The Kier molecular flexibility index (Phi) is 9.39. The minimum absolute atomic E-state index is 0.212. The van der Waals surface area contributed by atoms with Crippen LogP contribution in [-0.4, -0.2) is 51.5 Å². The average molecular weight is 429 g/mol. The van der Waals surface area contributed by atoms with Gasteiger partial charge in [-0.3, -0.25) is 0 Å². The second-order valence-electron chi connectivity index (χ2n) is 7.10. The molecule has 166 valence electrons. The SMILES string of the molecule is CN(C)CCC(COc1ccccc1CCc1cccc(OC(F)(F)F)c1)OCF. The van der Waals surface area contributed by atoms with Gasteiger partial charge >= 0.3 is 6.36 Å². The van der Waals surface area contributed by atoms with Gasteiger partial charge in [-0.15, -0.1) is 13.2 Å². The number of rotatable bonds is 12. The average Bonchev–Trinajstić information content (AvgIpc) is 2.68. The standard InChI is InChI=1S/C22H27F4NO3/c1-27(2)13-12-20(29-16-23)15-28-21-9-4-3-7-18(21)11-10-17-6-5-8-19(14-17)30-22(24,25)26/h3-9,14,20H,10-13,15-16H2,1-2H3. The fourth-order valence-electron chi connectivity index (χ4n) is 2.92. The van der Waals surface area contributed by atoms with Crippen LogP contribution in [0.15, 0.2) is 48.5 Å². The van der Waals surface area contributed by atoms with Crippen molar-refractivity contribution in [3.8, 4) is 11.5 Å². The van der Waals surface area contributed by atoms with Gasteiger partial charge in [0.1, 0.15) is 18.1 Å². The molecule has 30 heavy (non-hydrogen) atoms. The topological polar surface area (TPSA) is 30.9 Å². The second kappa shape index (κ2) is 11.8. The molecule has 0 heterocycles. The molecule has 2 rings (SSSR count). The van der Waals surface area contributed by atoms with E-state index < -0.39 is 13.2 Å². The first-order valence-electron chi connectivity index (χ1n) is 9.64. The molecular formula is C22H27F4NO3. The lowest BCUT2D eigenvalue weighted by molar-refractivity contribution is -0.274. The maximum atomic E-state index is 12.6. The molecule has 0 saturated heterocycles. The number of nitrogens with zero attached hydrogens (tertiary/aromatic N) is 1. The molecule has 0 fully saturated rings. The van der Waals surface area contributed by atoms with Gasteiger partial charge in [0.15, 0.2) is 6.86 Å². The summed E-state index contributed by atoms with van der Waals surface area (Å²) in [4.78, 5) is 1.99. The Labute approximate surface area is 174 Å². The lowest BCUT2D eigenvalue weighted by atomic mass is 10.0. The van der Waals surface area contributed by atoms with Crippen LogP contribution >= 0.6 is 0 Å². The third kappa shape index (κ3) is 9.00. The maximum Gasteiger partial charge on any atom is 0.573 e. The molecule has 0 radical (unpaired) electrons. The number of hydrogen-bond donors (Lipinski definition) is 0. The minimum atomic E-state index is -4.72. The van der Waals surface area contributed by atoms with E-state index in [0.29, 0.717) is 25.0 Å².